The van der Waals surface area contributed by atoms with Crippen LogP contribution in [-0.4, -0.2) is 42.7 Å². The van der Waals surface area contributed by atoms with Gasteiger partial charge in [-0.2, -0.15) is 9.40 Å². The number of hydrogen-bond acceptors (Lipinski definition) is 4. The molecule has 0 spiro atoms. The van der Waals surface area contributed by atoms with E-state index in [0.29, 0.717) is 18.8 Å². The number of nitrogens with zero attached hydrogens (tertiary/aromatic N) is 3. The van der Waals surface area contributed by atoms with Gasteiger partial charge in [0, 0.05) is 32.3 Å². The van der Waals surface area contributed by atoms with Crippen molar-refractivity contribution < 1.29 is 13.2 Å². The first-order valence-corrected chi connectivity index (χ1v) is 8.99. The predicted molar refractivity (Wildman–Crippen MR) is 87.1 cm³/mol. The van der Waals surface area contributed by atoms with Crippen LogP contribution in [0.15, 0.2) is 35.5 Å². The Morgan fingerprint density at radius 1 is 1.35 bits per heavy atom. The minimum atomic E-state index is -3.56. The lowest BCUT2D eigenvalue weighted by atomic mass is 10.0. The van der Waals surface area contributed by atoms with E-state index in [1.165, 1.54) is 7.11 Å². The third-order valence-corrected chi connectivity index (χ3v) is 6.17. The fraction of sp³-hybridized carbons (Fsp3) is 0.438. The summed E-state index contributed by atoms with van der Waals surface area (Å²) in [5.41, 5.74) is 1.98. The van der Waals surface area contributed by atoms with Crippen LogP contribution >= 0.6 is 0 Å². The zero-order chi connectivity index (χ0) is 16.6. The number of ether oxygens (including phenoxy) is 1. The van der Waals surface area contributed by atoms with Crippen LogP contribution in [0, 0.1) is 6.92 Å². The molecule has 0 saturated carbocycles. The molecule has 1 aromatic heterocycles. The average Bonchev–Trinajstić information content (AvgIpc) is 3.16. The van der Waals surface area contributed by atoms with Gasteiger partial charge in [-0.3, -0.25) is 4.68 Å². The highest BCUT2D eigenvalue weighted by Crippen LogP contribution is 2.34. The van der Waals surface area contributed by atoms with Gasteiger partial charge < -0.3 is 4.74 Å². The molecule has 0 amide bonds. The van der Waals surface area contributed by atoms with Crippen molar-refractivity contribution in [1.29, 1.82) is 0 Å². The van der Waals surface area contributed by atoms with Crippen LogP contribution in [0.2, 0.25) is 0 Å². The topological polar surface area (TPSA) is 64.4 Å². The monoisotopic (exact) mass is 335 g/mol. The Kier molecular flexibility index (Phi) is 4.16. The third-order valence-electron chi connectivity index (χ3n) is 4.28. The first kappa shape index (κ1) is 16.0. The highest BCUT2D eigenvalue weighted by atomic mass is 32.2. The second-order valence-corrected chi connectivity index (χ2v) is 7.86. The molecular formula is C16H21N3O3S. The molecular weight excluding hydrogens is 314 g/mol. The van der Waals surface area contributed by atoms with E-state index in [9.17, 15) is 8.42 Å². The zero-order valence-electron chi connectivity index (χ0n) is 13.6. The summed E-state index contributed by atoms with van der Waals surface area (Å²) in [6.07, 6.45) is 4.57. The van der Waals surface area contributed by atoms with Crippen molar-refractivity contribution in [3.05, 3.63) is 41.7 Å². The molecule has 0 unspecified atom stereocenters. The number of aromatic nitrogens is 2. The molecule has 1 aliphatic rings. The van der Waals surface area contributed by atoms with Crippen molar-refractivity contribution >= 4 is 10.0 Å². The second-order valence-electron chi connectivity index (χ2n) is 5.95. The van der Waals surface area contributed by atoms with Gasteiger partial charge in [-0.05, 0) is 36.6 Å². The standard InChI is InChI=1S/C16H21N3O3S/c1-12-4-5-15(22-3)16(8-12)23(20,21)19-7-6-13(11-19)14-9-17-18(2)10-14/h4-5,8-10,13H,6-7,11H2,1-3H3/t13-/m1/s1. The SMILES string of the molecule is COc1ccc(C)cc1S(=O)(=O)N1CC[C@@H](c2cnn(C)c2)C1. The van der Waals surface area contributed by atoms with Gasteiger partial charge in [-0.15, -0.1) is 0 Å². The number of sulfonamides is 1. The second kappa shape index (κ2) is 5.98. The van der Waals surface area contributed by atoms with Crippen LogP contribution in [-0.2, 0) is 17.1 Å². The van der Waals surface area contributed by atoms with E-state index in [-0.39, 0.29) is 10.8 Å². The maximum Gasteiger partial charge on any atom is 0.246 e. The summed E-state index contributed by atoms with van der Waals surface area (Å²) in [6, 6.07) is 5.22. The Hall–Kier alpha value is -1.86. The van der Waals surface area contributed by atoms with Crippen LogP contribution < -0.4 is 4.74 Å². The quantitative estimate of drug-likeness (QED) is 0.856. The summed E-state index contributed by atoms with van der Waals surface area (Å²) in [7, 11) is -0.199. The number of rotatable bonds is 4. The molecule has 0 radical (unpaired) electrons. The van der Waals surface area contributed by atoms with Gasteiger partial charge in [-0.1, -0.05) is 6.07 Å². The van der Waals surface area contributed by atoms with Crippen molar-refractivity contribution in [3.8, 4) is 5.75 Å². The van der Waals surface area contributed by atoms with Gasteiger partial charge in [0.25, 0.3) is 0 Å². The van der Waals surface area contributed by atoms with Crippen LogP contribution in [0.4, 0.5) is 0 Å². The lowest BCUT2D eigenvalue weighted by Crippen LogP contribution is -2.29. The van der Waals surface area contributed by atoms with Gasteiger partial charge >= 0.3 is 0 Å². The summed E-state index contributed by atoms with van der Waals surface area (Å²) in [4.78, 5) is 0.242. The highest BCUT2D eigenvalue weighted by Gasteiger charge is 2.35. The van der Waals surface area contributed by atoms with Crippen molar-refractivity contribution in [1.82, 2.24) is 14.1 Å². The molecule has 3 rings (SSSR count). The van der Waals surface area contributed by atoms with Gasteiger partial charge in [0.1, 0.15) is 10.6 Å². The van der Waals surface area contributed by atoms with E-state index in [4.69, 9.17) is 4.74 Å². The van der Waals surface area contributed by atoms with Crippen LogP contribution in [0.3, 0.4) is 0 Å². The minimum Gasteiger partial charge on any atom is -0.495 e. The van der Waals surface area contributed by atoms with E-state index in [1.807, 2.05) is 32.4 Å². The van der Waals surface area contributed by atoms with E-state index in [0.717, 1.165) is 17.5 Å². The smallest absolute Gasteiger partial charge is 0.246 e. The summed E-state index contributed by atoms with van der Waals surface area (Å²) in [6.45, 7) is 2.87. The molecule has 1 aliphatic heterocycles. The van der Waals surface area contributed by atoms with Gasteiger partial charge in [-0.25, -0.2) is 8.42 Å². The summed E-state index contributed by atoms with van der Waals surface area (Å²) in [5.74, 6) is 0.578. The fourth-order valence-electron chi connectivity index (χ4n) is 2.99. The molecule has 1 saturated heterocycles. The summed E-state index contributed by atoms with van der Waals surface area (Å²) >= 11 is 0. The summed E-state index contributed by atoms with van der Waals surface area (Å²) in [5, 5.41) is 4.17. The molecule has 124 valence electrons. The Labute approximate surface area is 136 Å². The lowest BCUT2D eigenvalue weighted by Gasteiger charge is -2.18. The van der Waals surface area contributed by atoms with E-state index >= 15 is 0 Å². The summed E-state index contributed by atoms with van der Waals surface area (Å²) < 4.78 is 34.5. The normalized spacial score (nSPS) is 19.2. The van der Waals surface area contributed by atoms with E-state index < -0.39 is 10.0 Å². The van der Waals surface area contributed by atoms with Gasteiger partial charge in [0.2, 0.25) is 10.0 Å². The Balaban J connectivity index is 1.88. The van der Waals surface area contributed by atoms with Crippen LogP contribution in [0.1, 0.15) is 23.5 Å². The van der Waals surface area contributed by atoms with Gasteiger partial charge in [0.05, 0.1) is 13.3 Å². The molecule has 1 fully saturated rings. The minimum absolute atomic E-state index is 0.189. The third kappa shape index (κ3) is 2.98. The van der Waals surface area contributed by atoms with Crippen molar-refractivity contribution in [2.45, 2.75) is 24.2 Å². The Morgan fingerprint density at radius 3 is 2.78 bits per heavy atom. The Morgan fingerprint density at radius 2 is 2.13 bits per heavy atom. The van der Waals surface area contributed by atoms with Crippen molar-refractivity contribution in [2.24, 2.45) is 7.05 Å². The fourth-order valence-corrected chi connectivity index (χ4v) is 4.73. The molecule has 0 N–H and O–H groups in total. The van der Waals surface area contributed by atoms with Crippen molar-refractivity contribution in [2.75, 3.05) is 20.2 Å². The molecule has 0 bridgehead atoms. The number of hydrogen-bond donors (Lipinski definition) is 0. The molecule has 7 heteroatoms. The van der Waals surface area contributed by atoms with E-state index in [1.54, 1.807) is 21.1 Å². The number of benzene rings is 1. The van der Waals surface area contributed by atoms with E-state index in [2.05, 4.69) is 5.10 Å². The maximum absolute atomic E-state index is 13.0. The molecule has 0 aliphatic carbocycles. The molecule has 1 aromatic carbocycles. The largest absolute Gasteiger partial charge is 0.495 e. The lowest BCUT2D eigenvalue weighted by molar-refractivity contribution is 0.398. The molecule has 1 atom stereocenters. The number of methoxy groups -OCH3 is 1. The first-order valence-electron chi connectivity index (χ1n) is 7.55. The zero-order valence-corrected chi connectivity index (χ0v) is 14.4. The van der Waals surface area contributed by atoms with Crippen LogP contribution in [0.25, 0.3) is 0 Å². The van der Waals surface area contributed by atoms with Crippen molar-refractivity contribution in [3.63, 3.8) is 0 Å². The van der Waals surface area contributed by atoms with Gasteiger partial charge in [0.15, 0.2) is 0 Å². The predicted octanol–water partition coefficient (Wildman–Crippen LogP) is 1.92. The molecule has 23 heavy (non-hydrogen) atoms. The highest BCUT2D eigenvalue weighted by molar-refractivity contribution is 7.89. The number of aryl methyl sites for hydroxylation is 2. The molecule has 2 heterocycles. The molecule has 2 aromatic rings. The maximum atomic E-state index is 13.0. The van der Waals surface area contributed by atoms with Crippen LogP contribution in [0.5, 0.6) is 5.75 Å². The first-order chi connectivity index (χ1) is 10.9. The molecule has 6 nitrogen and oxygen atoms in total. The average molecular weight is 335 g/mol. The Bertz CT molecular complexity index is 814.